The maximum absolute atomic E-state index is 13.4. The summed E-state index contributed by atoms with van der Waals surface area (Å²) in [5, 5.41) is 12.4. The molecule has 172 valence electrons. The molecule has 2 aliphatic rings. The third-order valence-corrected chi connectivity index (χ3v) is 6.25. The Hall–Kier alpha value is -4.32. The molecule has 2 aliphatic heterocycles. The smallest absolute Gasteiger partial charge is 0.325 e. The summed E-state index contributed by atoms with van der Waals surface area (Å²) < 4.78 is 13.0. The number of ketones is 1. The van der Waals surface area contributed by atoms with Crippen LogP contribution in [0.2, 0.25) is 0 Å². The number of carbonyl (C=O) groups is 3. The Morgan fingerprint density at radius 1 is 1.15 bits per heavy atom. The van der Waals surface area contributed by atoms with E-state index >= 15 is 0 Å². The van der Waals surface area contributed by atoms with Gasteiger partial charge in [-0.1, -0.05) is 24.3 Å². The van der Waals surface area contributed by atoms with Crippen LogP contribution in [0.4, 0.5) is 4.79 Å². The highest BCUT2D eigenvalue weighted by Crippen LogP contribution is 2.37. The van der Waals surface area contributed by atoms with E-state index in [-0.39, 0.29) is 5.78 Å². The first-order chi connectivity index (χ1) is 16.4. The van der Waals surface area contributed by atoms with Gasteiger partial charge in [0.05, 0.1) is 19.0 Å². The molecule has 1 atom stereocenters. The topological polar surface area (TPSA) is 114 Å². The monoisotopic (exact) mass is 458 g/mol. The molecule has 0 spiro atoms. The summed E-state index contributed by atoms with van der Waals surface area (Å²) in [5.41, 5.74) is 0.424. The number of ether oxygens (including phenoxy) is 2. The lowest BCUT2D eigenvalue weighted by molar-refractivity contribution is -0.130. The fraction of sp³-hybridized carbons (Fsp3) is 0.280. The lowest BCUT2D eigenvalue weighted by Gasteiger charge is -2.25. The summed E-state index contributed by atoms with van der Waals surface area (Å²) >= 11 is 0. The SMILES string of the molecule is CC1(c2ccc3c(c2)OCCO3)NC(=O)N(CC(=O)c2cn(CCC#N)c3ccccc23)C1=O. The van der Waals surface area contributed by atoms with Crippen molar-refractivity contribution in [1.82, 2.24) is 14.8 Å². The Labute approximate surface area is 195 Å². The number of aryl methyl sites for hydroxylation is 1. The summed E-state index contributed by atoms with van der Waals surface area (Å²) in [7, 11) is 0. The largest absolute Gasteiger partial charge is 0.486 e. The Morgan fingerprint density at radius 3 is 2.71 bits per heavy atom. The van der Waals surface area contributed by atoms with Crippen molar-refractivity contribution in [3.8, 4) is 17.6 Å². The van der Waals surface area contributed by atoms with Crippen molar-refractivity contribution in [2.75, 3.05) is 19.8 Å². The average molecular weight is 458 g/mol. The summed E-state index contributed by atoms with van der Waals surface area (Å²) in [6.07, 6.45) is 1.98. The number of hydrogen-bond donors (Lipinski definition) is 1. The number of para-hydroxylation sites is 1. The number of aromatic nitrogens is 1. The molecule has 5 rings (SSSR count). The Balaban J connectivity index is 1.42. The lowest BCUT2D eigenvalue weighted by atomic mass is 9.91. The predicted molar refractivity (Wildman–Crippen MR) is 122 cm³/mol. The molecule has 9 nitrogen and oxygen atoms in total. The van der Waals surface area contributed by atoms with Gasteiger partial charge in [-0.15, -0.1) is 0 Å². The molecule has 3 aromatic rings. The number of nitrogens with one attached hydrogen (secondary N) is 1. The quantitative estimate of drug-likeness (QED) is 0.449. The van der Waals surface area contributed by atoms with Crippen LogP contribution in [-0.4, -0.2) is 46.9 Å². The first-order valence-electron chi connectivity index (χ1n) is 10.9. The molecule has 1 saturated heterocycles. The van der Waals surface area contributed by atoms with Crippen molar-refractivity contribution in [3.05, 3.63) is 59.8 Å². The van der Waals surface area contributed by atoms with Gasteiger partial charge in [-0.05, 0) is 30.7 Å². The van der Waals surface area contributed by atoms with Gasteiger partial charge < -0.3 is 19.4 Å². The fourth-order valence-electron chi connectivity index (χ4n) is 4.44. The van der Waals surface area contributed by atoms with E-state index in [0.717, 1.165) is 10.4 Å². The highest BCUT2D eigenvalue weighted by atomic mass is 16.6. The van der Waals surface area contributed by atoms with Crippen molar-refractivity contribution < 1.29 is 23.9 Å². The van der Waals surface area contributed by atoms with E-state index in [9.17, 15) is 14.4 Å². The zero-order valence-corrected chi connectivity index (χ0v) is 18.5. The molecule has 9 heteroatoms. The minimum Gasteiger partial charge on any atom is -0.486 e. The maximum atomic E-state index is 13.4. The van der Waals surface area contributed by atoms with Gasteiger partial charge in [-0.25, -0.2) is 4.79 Å². The van der Waals surface area contributed by atoms with E-state index in [1.807, 2.05) is 28.8 Å². The van der Waals surface area contributed by atoms with Crippen LogP contribution in [0.5, 0.6) is 11.5 Å². The maximum Gasteiger partial charge on any atom is 0.325 e. The van der Waals surface area contributed by atoms with Crippen LogP contribution in [0.15, 0.2) is 48.7 Å². The van der Waals surface area contributed by atoms with Gasteiger partial charge >= 0.3 is 6.03 Å². The Bertz CT molecular complexity index is 1370. The fourth-order valence-corrected chi connectivity index (χ4v) is 4.44. The van der Waals surface area contributed by atoms with Crippen LogP contribution < -0.4 is 14.8 Å². The number of imide groups is 1. The van der Waals surface area contributed by atoms with Crippen molar-refractivity contribution in [2.45, 2.75) is 25.4 Å². The van der Waals surface area contributed by atoms with Crippen molar-refractivity contribution >= 4 is 28.6 Å². The third-order valence-electron chi connectivity index (χ3n) is 6.25. The summed E-state index contributed by atoms with van der Waals surface area (Å²) in [4.78, 5) is 40.3. The van der Waals surface area contributed by atoms with Gasteiger partial charge in [0, 0.05) is 29.2 Å². The minimum atomic E-state index is -1.34. The second-order valence-electron chi connectivity index (χ2n) is 8.39. The van der Waals surface area contributed by atoms with Crippen LogP contribution in [-0.2, 0) is 16.9 Å². The van der Waals surface area contributed by atoms with Crippen LogP contribution >= 0.6 is 0 Å². The molecule has 1 aromatic heterocycles. The normalized spacial score (nSPS) is 19.2. The van der Waals surface area contributed by atoms with Gasteiger partial charge in [0.15, 0.2) is 17.3 Å². The van der Waals surface area contributed by atoms with Gasteiger partial charge in [-0.3, -0.25) is 14.5 Å². The van der Waals surface area contributed by atoms with Gasteiger partial charge in [0.25, 0.3) is 5.91 Å². The molecular weight excluding hydrogens is 436 g/mol. The van der Waals surface area contributed by atoms with E-state index in [2.05, 4.69) is 11.4 Å². The number of nitrogens with zero attached hydrogens (tertiary/aromatic N) is 3. The molecule has 2 aromatic carbocycles. The number of amides is 3. The average Bonchev–Trinajstić information content (AvgIpc) is 3.33. The van der Waals surface area contributed by atoms with Crippen molar-refractivity contribution in [2.24, 2.45) is 0 Å². The summed E-state index contributed by atoms with van der Waals surface area (Å²) in [6, 6.07) is 13.9. The predicted octanol–water partition coefficient (Wildman–Crippen LogP) is 2.98. The van der Waals surface area contributed by atoms with Gasteiger partial charge in [0.1, 0.15) is 18.8 Å². The molecule has 1 N–H and O–H groups in total. The van der Waals surface area contributed by atoms with Crippen LogP contribution in [0.1, 0.15) is 29.3 Å². The number of hydrogen-bond acceptors (Lipinski definition) is 6. The first-order valence-corrected chi connectivity index (χ1v) is 10.9. The lowest BCUT2D eigenvalue weighted by Crippen LogP contribution is -2.41. The number of fused-ring (bicyclic) bond motifs is 2. The van der Waals surface area contributed by atoms with Gasteiger partial charge in [-0.2, -0.15) is 5.26 Å². The van der Waals surface area contributed by atoms with E-state index in [1.54, 1.807) is 31.3 Å². The molecule has 1 fully saturated rings. The number of urea groups is 1. The van der Waals surface area contributed by atoms with E-state index in [4.69, 9.17) is 14.7 Å². The molecule has 34 heavy (non-hydrogen) atoms. The molecule has 0 radical (unpaired) electrons. The van der Waals surface area contributed by atoms with Gasteiger partial charge in [0.2, 0.25) is 0 Å². The summed E-state index contributed by atoms with van der Waals surface area (Å²) in [5.74, 6) is 0.208. The highest BCUT2D eigenvalue weighted by Gasteiger charge is 2.50. The molecule has 0 bridgehead atoms. The van der Waals surface area contributed by atoms with E-state index in [0.29, 0.717) is 54.2 Å². The van der Waals surface area contributed by atoms with Crippen molar-refractivity contribution in [1.29, 1.82) is 5.26 Å². The Morgan fingerprint density at radius 2 is 1.91 bits per heavy atom. The number of rotatable bonds is 6. The molecule has 0 aliphatic carbocycles. The molecule has 1 unspecified atom stereocenters. The first kappa shape index (κ1) is 21.5. The number of Topliss-reactive ketones (excluding diaryl/α,β-unsaturated/α-hetero) is 1. The summed E-state index contributed by atoms with van der Waals surface area (Å²) in [6.45, 7) is 2.50. The zero-order chi connectivity index (χ0) is 23.9. The van der Waals surface area contributed by atoms with E-state index in [1.165, 1.54) is 0 Å². The number of carbonyl (C=O) groups excluding carboxylic acids is 3. The van der Waals surface area contributed by atoms with Crippen LogP contribution in [0.3, 0.4) is 0 Å². The number of nitriles is 1. The molecule has 0 saturated carbocycles. The molecule has 3 heterocycles. The highest BCUT2D eigenvalue weighted by molar-refractivity contribution is 6.14. The zero-order valence-electron chi connectivity index (χ0n) is 18.5. The second kappa shape index (κ2) is 8.23. The third kappa shape index (κ3) is 3.44. The van der Waals surface area contributed by atoms with E-state index < -0.39 is 24.0 Å². The van der Waals surface area contributed by atoms with Crippen LogP contribution in [0, 0.1) is 11.3 Å². The van der Waals surface area contributed by atoms with Crippen molar-refractivity contribution in [3.63, 3.8) is 0 Å². The van der Waals surface area contributed by atoms with Crippen LogP contribution in [0.25, 0.3) is 10.9 Å². The standard InChI is InChI=1S/C25H22N4O5/c1-25(16-7-8-21-22(13-16)34-12-11-33-21)23(31)29(24(32)27-25)15-20(30)18-14-28(10-4-9-26)19-6-3-2-5-17(18)19/h2-3,5-8,13-14H,4,10-12,15H2,1H3,(H,27,32). The second-order valence-corrected chi connectivity index (χ2v) is 8.39. The minimum absolute atomic E-state index is 0.299. The molecular formula is C25H22N4O5. The Kier molecular flexibility index (Phi) is 5.21. The molecule has 3 amide bonds. The number of benzene rings is 2.